The van der Waals surface area contributed by atoms with Gasteiger partial charge in [-0.05, 0) is 67.7 Å². The van der Waals surface area contributed by atoms with Crippen molar-refractivity contribution in [2.45, 2.75) is 31.9 Å². The van der Waals surface area contributed by atoms with Gasteiger partial charge >= 0.3 is 18.1 Å². The van der Waals surface area contributed by atoms with E-state index in [1.165, 1.54) is 30.2 Å². The fraction of sp³-hybridized carbons (Fsp3) is 0.310. The van der Waals surface area contributed by atoms with Crippen molar-refractivity contribution < 1.29 is 37.7 Å². The second-order valence-corrected chi connectivity index (χ2v) is 9.82. The van der Waals surface area contributed by atoms with Gasteiger partial charge in [-0.15, -0.1) is 0 Å². The van der Waals surface area contributed by atoms with Crippen LogP contribution in [-0.2, 0) is 22.4 Å². The van der Waals surface area contributed by atoms with Crippen LogP contribution in [0.4, 0.5) is 18.9 Å². The molecule has 2 N–H and O–H groups in total. The first kappa shape index (κ1) is 29.6. The number of hydrogen-bond donors (Lipinski definition) is 2. The van der Waals surface area contributed by atoms with Crippen molar-refractivity contribution in [2.24, 2.45) is 0 Å². The van der Waals surface area contributed by atoms with Crippen LogP contribution < -0.4 is 4.90 Å². The maximum atomic E-state index is 11.3. The molecule has 43 heavy (non-hydrogen) atoms. The van der Waals surface area contributed by atoms with Crippen LogP contribution in [0.2, 0.25) is 0 Å². The van der Waals surface area contributed by atoms with E-state index in [4.69, 9.17) is 24.6 Å². The van der Waals surface area contributed by atoms with Gasteiger partial charge in [-0.3, -0.25) is 4.98 Å². The molecule has 0 radical (unpaired) electrons. The standard InChI is InChI=1S/C27H26N6O3.C2HF3O2/c34-27(35)23-9-6-19(17-28-23)25-22(10-8-20-7-5-18-3-1-2-4-21(18)30-20)31-26-24(11-12-29-33(25)26)32-13-15-36-16-14-32;3-2(4,5)1(6)7/h5-12,17H,1-4,13-16H2,(H,34,35);(H,6,7). The second-order valence-electron chi connectivity index (χ2n) is 9.82. The summed E-state index contributed by atoms with van der Waals surface area (Å²) in [5.74, 6) is -3.82. The van der Waals surface area contributed by atoms with Crippen molar-refractivity contribution in [3.05, 3.63) is 71.1 Å². The van der Waals surface area contributed by atoms with Gasteiger partial charge in [-0.25, -0.2) is 24.1 Å². The van der Waals surface area contributed by atoms with E-state index in [2.05, 4.69) is 27.1 Å². The van der Waals surface area contributed by atoms with Gasteiger partial charge in [0.2, 0.25) is 0 Å². The number of halogens is 3. The molecule has 0 amide bonds. The largest absolute Gasteiger partial charge is 0.490 e. The highest BCUT2D eigenvalue weighted by atomic mass is 19.4. The predicted octanol–water partition coefficient (Wildman–Crippen LogP) is 4.40. The highest BCUT2D eigenvalue weighted by molar-refractivity contribution is 5.87. The topological polar surface area (TPSA) is 143 Å². The number of rotatable bonds is 5. The zero-order valence-electron chi connectivity index (χ0n) is 22.8. The second kappa shape index (κ2) is 12.6. The molecule has 0 aromatic carbocycles. The normalized spacial score (nSPS) is 15.2. The lowest BCUT2D eigenvalue weighted by Crippen LogP contribution is -2.36. The van der Waals surface area contributed by atoms with Crippen LogP contribution in [0.1, 0.15) is 46.0 Å². The van der Waals surface area contributed by atoms with E-state index in [0.717, 1.165) is 54.2 Å². The minimum Gasteiger partial charge on any atom is -0.477 e. The Bertz CT molecular complexity index is 1660. The predicted molar refractivity (Wildman–Crippen MR) is 150 cm³/mol. The van der Waals surface area contributed by atoms with E-state index >= 15 is 0 Å². The molecule has 4 aromatic rings. The van der Waals surface area contributed by atoms with Gasteiger partial charge in [-0.2, -0.15) is 18.3 Å². The fourth-order valence-corrected chi connectivity index (χ4v) is 4.91. The summed E-state index contributed by atoms with van der Waals surface area (Å²) in [4.78, 5) is 36.5. The summed E-state index contributed by atoms with van der Waals surface area (Å²) in [6.45, 7) is 2.89. The lowest BCUT2D eigenvalue weighted by atomic mass is 9.96. The molecule has 6 rings (SSSR count). The molecular formula is C29H27F3N6O5. The summed E-state index contributed by atoms with van der Waals surface area (Å²) >= 11 is 0. The monoisotopic (exact) mass is 596 g/mol. The van der Waals surface area contributed by atoms with E-state index in [1.807, 2.05) is 22.7 Å². The number of aliphatic carboxylic acids is 1. The molecule has 0 unspecified atom stereocenters. The molecule has 4 aromatic heterocycles. The number of carboxylic acids is 2. The smallest absolute Gasteiger partial charge is 0.477 e. The lowest BCUT2D eigenvalue weighted by molar-refractivity contribution is -0.192. The Morgan fingerprint density at radius 3 is 2.37 bits per heavy atom. The Kier molecular flexibility index (Phi) is 8.66. The number of anilines is 1. The SMILES string of the molecule is O=C(O)C(F)(F)F.O=C(O)c1ccc(-c2c(C=Cc3ccc4c(n3)CCCC4)nc3c(N4CCOCC4)ccnn23)cn1. The molecule has 5 heterocycles. The van der Waals surface area contributed by atoms with Crippen molar-refractivity contribution in [1.82, 2.24) is 24.6 Å². The third-order valence-corrected chi connectivity index (χ3v) is 6.99. The number of aryl methyl sites for hydroxylation is 2. The Hall–Kier alpha value is -4.85. The molecule has 0 atom stereocenters. The zero-order valence-corrected chi connectivity index (χ0v) is 22.8. The van der Waals surface area contributed by atoms with Gasteiger partial charge in [0.15, 0.2) is 5.65 Å². The number of nitrogens with zero attached hydrogens (tertiary/aromatic N) is 6. The fourth-order valence-electron chi connectivity index (χ4n) is 4.91. The molecule has 0 bridgehead atoms. The summed E-state index contributed by atoms with van der Waals surface area (Å²) in [7, 11) is 0. The molecular weight excluding hydrogens is 569 g/mol. The van der Waals surface area contributed by atoms with Gasteiger partial charge < -0.3 is 19.8 Å². The van der Waals surface area contributed by atoms with Crippen molar-refractivity contribution >= 4 is 35.4 Å². The first-order valence-corrected chi connectivity index (χ1v) is 13.5. The van der Waals surface area contributed by atoms with E-state index in [-0.39, 0.29) is 5.69 Å². The van der Waals surface area contributed by atoms with Gasteiger partial charge in [0.25, 0.3) is 0 Å². The number of fused-ring (bicyclic) bond motifs is 2. The molecule has 1 aliphatic carbocycles. The number of carboxylic acid groups (broad SMARTS) is 2. The molecule has 0 saturated carbocycles. The minimum absolute atomic E-state index is 0.00936. The van der Waals surface area contributed by atoms with Crippen molar-refractivity contribution in [3.63, 3.8) is 0 Å². The van der Waals surface area contributed by atoms with Crippen LogP contribution >= 0.6 is 0 Å². The number of alkyl halides is 3. The molecule has 0 spiro atoms. The van der Waals surface area contributed by atoms with Crippen molar-refractivity contribution in [2.75, 3.05) is 31.2 Å². The zero-order chi connectivity index (χ0) is 30.6. The molecule has 1 fully saturated rings. The van der Waals surface area contributed by atoms with Crippen LogP contribution in [0.3, 0.4) is 0 Å². The molecule has 1 saturated heterocycles. The van der Waals surface area contributed by atoms with Gasteiger partial charge in [-0.1, -0.05) is 6.07 Å². The van der Waals surface area contributed by atoms with Gasteiger partial charge in [0.1, 0.15) is 11.4 Å². The number of hydrogen-bond acceptors (Lipinski definition) is 8. The van der Waals surface area contributed by atoms with Crippen LogP contribution in [0.5, 0.6) is 0 Å². The number of imidazole rings is 1. The highest BCUT2D eigenvalue weighted by Crippen LogP contribution is 2.31. The van der Waals surface area contributed by atoms with Gasteiger partial charge in [0.05, 0.1) is 36.5 Å². The number of ether oxygens (including phenoxy) is 1. The Labute approximate surface area is 243 Å². The molecule has 224 valence electrons. The lowest BCUT2D eigenvalue weighted by Gasteiger charge is -2.28. The minimum atomic E-state index is -5.08. The summed E-state index contributed by atoms with van der Waals surface area (Å²) in [6.07, 6.45) is 6.69. The maximum absolute atomic E-state index is 11.3. The summed E-state index contributed by atoms with van der Waals surface area (Å²) in [5.41, 5.74) is 7.32. The molecule has 14 heteroatoms. The maximum Gasteiger partial charge on any atom is 0.490 e. The average Bonchev–Trinajstić information content (AvgIpc) is 3.39. The average molecular weight is 597 g/mol. The third kappa shape index (κ3) is 6.80. The molecule has 11 nitrogen and oxygen atoms in total. The Morgan fingerprint density at radius 1 is 0.953 bits per heavy atom. The Morgan fingerprint density at radius 2 is 1.70 bits per heavy atom. The van der Waals surface area contributed by atoms with Crippen molar-refractivity contribution in [3.8, 4) is 11.3 Å². The van der Waals surface area contributed by atoms with Crippen molar-refractivity contribution in [1.29, 1.82) is 0 Å². The number of morpholine rings is 1. The van der Waals surface area contributed by atoms with Crippen LogP contribution in [0, 0.1) is 0 Å². The summed E-state index contributed by atoms with van der Waals surface area (Å²) in [6, 6.07) is 9.45. The van der Waals surface area contributed by atoms with Crippen LogP contribution in [-0.4, -0.2) is 79.2 Å². The summed E-state index contributed by atoms with van der Waals surface area (Å²) < 4.78 is 39.1. The quantitative estimate of drug-likeness (QED) is 0.340. The van der Waals surface area contributed by atoms with Crippen LogP contribution in [0.25, 0.3) is 29.1 Å². The first-order valence-electron chi connectivity index (χ1n) is 13.5. The Balaban J connectivity index is 0.000000472. The van der Waals surface area contributed by atoms with E-state index < -0.39 is 18.1 Å². The third-order valence-electron chi connectivity index (χ3n) is 6.99. The first-order chi connectivity index (χ1) is 20.6. The molecule has 2 aliphatic rings. The molecule has 1 aliphatic heterocycles. The number of carbonyl (C=O) groups is 2. The van der Waals surface area contributed by atoms with Gasteiger partial charge in [0, 0.05) is 30.5 Å². The van der Waals surface area contributed by atoms with E-state index in [9.17, 15) is 23.1 Å². The summed E-state index contributed by atoms with van der Waals surface area (Å²) in [5, 5.41) is 21.0. The van der Waals surface area contributed by atoms with E-state index in [0.29, 0.717) is 18.9 Å². The van der Waals surface area contributed by atoms with Crippen LogP contribution in [0.15, 0.2) is 42.7 Å². The number of pyridine rings is 2. The number of aromatic nitrogens is 5. The number of aromatic carboxylic acids is 1. The van der Waals surface area contributed by atoms with E-state index in [1.54, 1.807) is 18.5 Å². The highest BCUT2D eigenvalue weighted by Gasteiger charge is 2.38.